The second-order valence-electron chi connectivity index (χ2n) is 9.76. The highest BCUT2D eigenvalue weighted by Crippen LogP contribution is 2.26. The van der Waals surface area contributed by atoms with Crippen molar-refractivity contribution in [3.8, 4) is 5.75 Å². The van der Waals surface area contributed by atoms with Gasteiger partial charge >= 0.3 is 0 Å². The average molecular weight is 586 g/mol. The van der Waals surface area contributed by atoms with Crippen LogP contribution in [-0.2, 0) is 26.2 Å². The van der Waals surface area contributed by atoms with Crippen LogP contribution in [0.2, 0.25) is 5.02 Å². The monoisotopic (exact) mass is 585 g/mol. The zero-order valence-electron chi connectivity index (χ0n) is 23.4. The first-order chi connectivity index (χ1) is 19.0. The van der Waals surface area contributed by atoms with Gasteiger partial charge < -0.3 is 15.0 Å². The Morgan fingerprint density at radius 3 is 2.20 bits per heavy atom. The van der Waals surface area contributed by atoms with Gasteiger partial charge in [-0.2, -0.15) is 0 Å². The zero-order chi connectivity index (χ0) is 29.4. The maximum absolute atomic E-state index is 14.1. The summed E-state index contributed by atoms with van der Waals surface area (Å²) in [5, 5.41) is 3.28. The highest BCUT2D eigenvalue weighted by atomic mass is 35.5. The maximum atomic E-state index is 14.1. The van der Waals surface area contributed by atoms with Crippen molar-refractivity contribution in [2.45, 2.75) is 57.6 Å². The molecule has 0 saturated heterocycles. The molecule has 1 N–H and O–H groups in total. The fraction of sp³-hybridized carbons (Fsp3) is 0.333. The third kappa shape index (κ3) is 7.76. The van der Waals surface area contributed by atoms with Crippen molar-refractivity contribution in [1.82, 2.24) is 10.2 Å². The summed E-state index contributed by atoms with van der Waals surface area (Å²) in [6.45, 7) is 6.96. The van der Waals surface area contributed by atoms with Gasteiger partial charge in [-0.3, -0.25) is 13.9 Å². The van der Waals surface area contributed by atoms with Gasteiger partial charge in [0.2, 0.25) is 11.8 Å². The summed E-state index contributed by atoms with van der Waals surface area (Å²) >= 11 is 6.00. The molecule has 0 heterocycles. The van der Waals surface area contributed by atoms with Gasteiger partial charge in [0.1, 0.15) is 18.3 Å². The van der Waals surface area contributed by atoms with Crippen LogP contribution >= 0.6 is 11.6 Å². The lowest BCUT2D eigenvalue weighted by molar-refractivity contribution is -0.140. The summed E-state index contributed by atoms with van der Waals surface area (Å²) in [6.07, 6.45) is 0.342. The van der Waals surface area contributed by atoms with Gasteiger partial charge in [0.15, 0.2) is 0 Å². The van der Waals surface area contributed by atoms with Crippen LogP contribution < -0.4 is 14.4 Å². The quantitative estimate of drug-likeness (QED) is 0.316. The molecule has 0 aliphatic carbocycles. The Hall–Kier alpha value is -3.56. The first-order valence-electron chi connectivity index (χ1n) is 13.0. The van der Waals surface area contributed by atoms with Gasteiger partial charge in [-0.25, -0.2) is 8.42 Å². The summed E-state index contributed by atoms with van der Waals surface area (Å²) in [5.41, 5.74) is 1.94. The third-order valence-electron chi connectivity index (χ3n) is 6.30. The number of hydrogen-bond acceptors (Lipinski definition) is 5. The van der Waals surface area contributed by atoms with Crippen LogP contribution in [0, 0.1) is 6.92 Å². The van der Waals surface area contributed by atoms with Crippen LogP contribution in [0.15, 0.2) is 77.7 Å². The van der Waals surface area contributed by atoms with E-state index in [0.29, 0.717) is 22.9 Å². The van der Waals surface area contributed by atoms with E-state index in [0.717, 1.165) is 15.4 Å². The first-order valence-corrected chi connectivity index (χ1v) is 14.9. The molecule has 0 aliphatic heterocycles. The number of methoxy groups -OCH3 is 1. The molecule has 0 unspecified atom stereocenters. The average Bonchev–Trinajstić information content (AvgIpc) is 2.91. The molecular weight excluding hydrogens is 550 g/mol. The molecule has 214 valence electrons. The highest BCUT2D eigenvalue weighted by molar-refractivity contribution is 7.92. The van der Waals surface area contributed by atoms with Crippen LogP contribution in [0.1, 0.15) is 38.3 Å². The number of carbonyl (C=O) groups is 2. The van der Waals surface area contributed by atoms with Gasteiger partial charge in [-0.1, -0.05) is 42.8 Å². The number of halogens is 1. The molecular formula is C30H36ClN3O5S. The van der Waals surface area contributed by atoms with Crippen molar-refractivity contribution in [2.24, 2.45) is 0 Å². The smallest absolute Gasteiger partial charge is 0.264 e. The molecule has 8 nitrogen and oxygen atoms in total. The number of benzene rings is 3. The molecule has 3 aromatic rings. The van der Waals surface area contributed by atoms with Crippen LogP contribution in [0.25, 0.3) is 0 Å². The number of amides is 2. The molecule has 1 atom stereocenters. The second kappa shape index (κ2) is 13.7. The van der Waals surface area contributed by atoms with E-state index in [1.807, 2.05) is 45.9 Å². The van der Waals surface area contributed by atoms with Crippen molar-refractivity contribution in [3.05, 3.63) is 88.9 Å². The van der Waals surface area contributed by atoms with Crippen molar-refractivity contribution < 1.29 is 22.7 Å². The molecule has 0 fully saturated rings. The minimum atomic E-state index is -4.16. The maximum Gasteiger partial charge on any atom is 0.264 e. The van der Waals surface area contributed by atoms with Crippen LogP contribution in [0.5, 0.6) is 5.75 Å². The Morgan fingerprint density at radius 1 is 1.00 bits per heavy atom. The van der Waals surface area contributed by atoms with E-state index in [9.17, 15) is 18.0 Å². The summed E-state index contributed by atoms with van der Waals surface area (Å²) in [6, 6.07) is 19.0. The van der Waals surface area contributed by atoms with E-state index < -0.39 is 28.5 Å². The third-order valence-corrected chi connectivity index (χ3v) is 8.34. The standard InChI is InChI=1S/C30H36ClN3O5S/c1-6-28(30(36)32-21(2)3)33(19-23-10-14-26(39-5)15-11-23)29(35)20-34(25-9-7-8-22(4)18-25)40(37,38)27-16-12-24(31)13-17-27/h7-18,21,28H,6,19-20H2,1-5H3,(H,32,36)/t28-/m0/s1. The SMILES string of the molecule is CC[C@@H](C(=O)NC(C)C)N(Cc1ccc(OC)cc1)C(=O)CN(c1cccc(C)c1)S(=O)(=O)c1ccc(Cl)cc1. The number of hydrogen-bond donors (Lipinski definition) is 1. The lowest BCUT2D eigenvalue weighted by Crippen LogP contribution is -2.53. The molecule has 0 radical (unpaired) electrons. The number of aryl methyl sites for hydroxylation is 1. The predicted octanol–water partition coefficient (Wildman–Crippen LogP) is 5.18. The van der Waals surface area contributed by atoms with E-state index in [1.54, 1.807) is 37.4 Å². The van der Waals surface area contributed by atoms with Crippen LogP contribution in [-0.4, -0.2) is 50.9 Å². The van der Waals surface area contributed by atoms with E-state index in [-0.39, 0.29) is 23.4 Å². The molecule has 2 amide bonds. The summed E-state index contributed by atoms with van der Waals surface area (Å²) in [4.78, 5) is 28.7. The Balaban J connectivity index is 2.06. The van der Waals surface area contributed by atoms with Gasteiger partial charge in [0.25, 0.3) is 10.0 Å². The minimum absolute atomic E-state index is 0.00231. The summed E-state index contributed by atoms with van der Waals surface area (Å²) in [5.74, 6) is -0.159. The van der Waals surface area contributed by atoms with E-state index in [2.05, 4.69) is 5.32 Å². The van der Waals surface area contributed by atoms with E-state index >= 15 is 0 Å². The molecule has 0 aromatic heterocycles. The van der Waals surface area contributed by atoms with Gasteiger partial charge in [-0.15, -0.1) is 0 Å². The zero-order valence-corrected chi connectivity index (χ0v) is 25.0. The van der Waals surface area contributed by atoms with Gasteiger partial charge in [0, 0.05) is 17.6 Å². The number of anilines is 1. The molecule has 3 aromatic carbocycles. The normalized spacial score (nSPS) is 12.1. The molecule has 0 spiro atoms. The Kier molecular flexibility index (Phi) is 10.6. The lowest BCUT2D eigenvalue weighted by atomic mass is 10.1. The number of rotatable bonds is 12. The molecule has 0 bridgehead atoms. The number of ether oxygens (including phenoxy) is 1. The summed E-state index contributed by atoms with van der Waals surface area (Å²) < 4.78 is 34.1. The molecule has 0 aliphatic rings. The van der Waals surface area contributed by atoms with Gasteiger partial charge in [0.05, 0.1) is 17.7 Å². The van der Waals surface area contributed by atoms with Crippen molar-refractivity contribution in [2.75, 3.05) is 18.0 Å². The number of sulfonamides is 1. The Bertz CT molecular complexity index is 1410. The van der Waals surface area contributed by atoms with Crippen LogP contribution in [0.3, 0.4) is 0 Å². The predicted molar refractivity (Wildman–Crippen MR) is 158 cm³/mol. The first kappa shape index (κ1) is 31.0. The Morgan fingerprint density at radius 2 is 1.65 bits per heavy atom. The van der Waals surface area contributed by atoms with Gasteiger partial charge in [-0.05, 0) is 86.8 Å². The lowest BCUT2D eigenvalue weighted by Gasteiger charge is -2.33. The number of carbonyl (C=O) groups excluding carboxylic acids is 2. The van der Waals surface area contributed by atoms with Crippen molar-refractivity contribution in [1.29, 1.82) is 0 Å². The van der Waals surface area contributed by atoms with Crippen LogP contribution in [0.4, 0.5) is 5.69 Å². The number of nitrogens with one attached hydrogen (secondary N) is 1. The number of nitrogens with zero attached hydrogens (tertiary/aromatic N) is 2. The van der Waals surface area contributed by atoms with Crippen molar-refractivity contribution >= 4 is 39.1 Å². The Labute approximate surface area is 241 Å². The van der Waals surface area contributed by atoms with E-state index in [1.165, 1.54) is 29.2 Å². The molecule has 0 saturated carbocycles. The fourth-order valence-corrected chi connectivity index (χ4v) is 5.81. The highest BCUT2D eigenvalue weighted by Gasteiger charge is 2.34. The minimum Gasteiger partial charge on any atom is -0.497 e. The molecule has 3 rings (SSSR count). The van der Waals surface area contributed by atoms with E-state index in [4.69, 9.17) is 16.3 Å². The molecule has 40 heavy (non-hydrogen) atoms. The summed E-state index contributed by atoms with van der Waals surface area (Å²) in [7, 11) is -2.59. The van der Waals surface area contributed by atoms with Crippen molar-refractivity contribution in [3.63, 3.8) is 0 Å². The fourth-order valence-electron chi connectivity index (χ4n) is 4.27. The largest absolute Gasteiger partial charge is 0.497 e. The topological polar surface area (TPSA) is 96.0 Å². The molecule has 10 heteroatoms. The second-order valence-corrected chi connectivity index (χ2v) is 12.1.